The van der Waals surface area contributed by atoms with Crippen LogP contribution in [0, 0.1) is 17.8 Å². The maximum Gasteiger partial charge on any atom is 0.449 e. The van der Waals surface area contributed by atoms with Crippen molar-refractivity contribution in [1.82, 2.24) is 0 Å². The van der Waals surface area contributed by atoms with Gasteiger partial charge in [0.25, 0.3) is 0 Å². The molecule has 0 radical (unpaired) electrons. The van der Waals surface area contributed by atoms with Gasteiger partial charge in [-0.05, 0) is 37.7 Å². The quantitative estimate of drug-likeness (QED) is 0.471. The zero-order chi connectivity index (χ0) is 17.3. The Bertz CT molecular complexity index is 580. The van der Waals surface area contributed by atoms with Gasteiger partial charge >= 0.3 is 6.18 Å². The second-order valence-electron chi connectivity index (χ2n) is 7.46. The molecule has 1 aliphatic carbocycles. The molecule has 3 saturated heterocycles. The largest absolute Gasteiger partial charge is 0.456 e. The first-order valence-corrected chi connectivity index (χ1v) is 9.41. The van der Waals surface area contributed by atoms with Crippen molar-refractivity contribution in [2.75, 3.05) is 5.33 Å². The van der Waals surface area contributed by atoms with Crippen LogP contribution in [0.15, 0.2) is 11.3 Å². The Morgan fingerprint density at radius 2 is 1.96 bits per heavy atom. The lowest BCUT2D eigenvalue weighted by Gasteiger charge is -2.57. The molecule has 8 heteroatoms. The molecule has 1 saturated carbocycles. The highest BCUT2D eigenvalue weighted by atomic mass is 79.9. The Balaban J connectivity index is 1.88. The van der Waals surface area contributed by atoms with Crippen LogP contribution >= 0.6 is 15.9 Å². The topological polar surface area (TPSA) is 36.9 Å². The van der Waals surface area contributed by atoms with Crippen LogP contribution < -0.4 is 0 Å². The molecule has 136 valence electrons. The van der Waals surface area contributed by atoms with Gasteiger partial charge in [0, 0.05) is 23.6 Å². The Morgan fingerprint density at radius 1 is 1.21 bits per heavy atom. The van der Waals surface area contributed by atoms with Gasteiger partial charge in [-0.3, -0.25) is 0 Å². The van der Waals surface area contributed by atoms with Gasteiger partial charge in [0.05, 0.1) is 0 Å². The lowest BCUT2D eigenvalue weighted by molar-refractivity contribution is -0.557. The van der Waals surface area contributed by atoms with Crippen molar-refractivity contribution in [2.45, 2.75) is 63.4 Å². The summed E-state index contributed by atoms with van der Waals surface area (Å²) in [6, 6.07) is 0. The summed E-state index contributed by atoms with van der Waals surface area (Å²) in [6.45, 7) is 3.81. The van der Waals surface area contributed by atoms with Crippen molar-refractivity contribution in [2.24, 2.45) is 17.8 Å². The number of halogens is 4. The molecule has 0 aromatic carbocycles. The molecular formula is C16H20BrF3O4. The van der Waals surface area contributed by atoms with E-state index >= 15 is 0 Å². The Labute approximate surface area is 146 Å². The molecule has 4 heterocycles. The molecule has 4 aliphatic heterocycles. The molecule has 1 spiro atoms. The first-order chi connectivity index (χ1) is 11.2. The van der Waals surface area contributed by atoms with E-state index in [0.717, 1.165) is 12.8 Å². The molecule has 24 heavy (non-hydrogen) atoms. The first kappa shape index (κ1) is 17.1. The van der Waals surface area contributed by atoms with Gasteiger partial charge in [-0.25, -0.2) is 9.78 Å². The van der Waals surface area contributed by atoms with E-state index in [0.29, 0.717) is 18.8 Å². The molecule has 0 aromatic rings. The zero-order valence-electron chi connectivity index (χ0n) is 13.5. The van der Waals surface area contributed by atoms with E-state index in [2.05, 4.69) is 22.9 Å². The predicted molar refractivity (Wildman–Crippen MR) is 80.8 cm³/mol. The van der Waals surface area contributed by atoms with E-state index in [1.807, 2.05) is 0 Å². The minimum atomic E-state index is -4.56. The van der Waals surface area contributed by atoms with Crippen LogP contribution in [-0.4, -0.2) is 29.2 Å². The van der Waals surface area contributed by atoms with Gasteiger partial charge in [-0.15, -0.1) is 0 Å². The van der Waals surface area contributed by atoms with Crippen LogP contribution in [0.1, 0.15) is 39.5 Å². The molecule has 5 aliphatic rings. The fraction of sp³-hybridized carbons (Fsp3) is 0.875. The molecule has 6 unspecified atom stereocenters. The zero-order valence-corrected chi connectivity index (χ0v) is 15.1. The number of ether oxygens (including phenoxy) is 2. The maximum atomic E-state index is 13.5. The minimum absolute atomic E-state index is 0.0365. The van der Waals surface area contributed by atoms with Gasteiger partial charge in [-0.2, -0.15) is 13.2 Å². The van der Waals surface area contributed by atoms with E-state index in [9.17, 15) is 13.2 Å². The van der Waals surface area contributed by atoms with Gasteiger partial charge in [0.15, 0.2) is 5.60 Å². The van der Waals surface area contributed by atoms with Gasteiger partial charge < -0.3 is 9.47 Å². The third kappa shape index (κ3) is 2.22. The Morgan fingerprint density at radius 3 is 2.62 bits per heavy atom. The fourth-order valence-electron chi connectivity index (χ4n) is 4.89. The van der Waals surface area contributed by atoms with Crippen LogP contribution in [0.25, 0.3) is 0 Å². The van der Waals surface area contributed by atoms with Crippen LogP contribution in [-0.2, 0) is 19.2 Å². The molecule has 5 rings (SSSR count). The third-order valence-corrected chi connectivity index (χ3v) is 6.66. The lowest BCUT2D eigenvalue weighted by Crippen LogP contribution is -2.67. The second-order valence-corrected chi connectivity index (χ2v) is 8.02. The lowest BCUT2D eigenvalue weighted by atomic mass is 9.59. The van der Waals surface area contributed by atoms with Crippen molar-refractivity contribution >= 4 is 15.9 Å². The Hall–Kier alpha value is -0.310. The van der Waals surface area contributed by atoms with E-state index in [4.69, 9.17) is 19.2 Å². The number of rotatable bonds is 1. The van der Waals surface area contributed by atoms with Crippen molar-refractivity contribution in [3.05, 3.63) is 11.3 Å². The normalized spacial score (nSPS) is 47.9. The highest BCUT2D eigenvalue weighted by Crippen LogP contribution is 2.61. The summed E-state index contributed by atoms with van der Waals surface area (Å²) in [5, 5.41) is 0.0860. The van der Waals surface area contributed by atoms with Gasteiger partial charge in [-0.1, -0.05) is 22.9 Å². The Kier molecular flexibility index (Phi) is 3.81. The number of allylic oxidation sites excluding steroid dienone is 1. The van der Waals surface area contributed by atoms with Crippen molar-refractivity contribution in [1.29, 1.82) is 0 Å². The molecular weight excluding hydrogens is 393 g/mol. The predicted octanol–water partition coefficient (Wildman–Crippen LogP) is 4.44. The van der Waals surface area contributed by atoms with Crippen LogP contribution in [0.3, 0.4) is 0 Å². The van der Waals surface area contributed by atoms with Crippen molar-refractivity contribution in [3.8, 4) is 0 Å². The number of hydrogen-bond acceptors (Lipinski definition) is 4. The summed E-state index contributed by atoms with van der Waals surface area (Å²) in [4.78, 5) is 11.4. The molecule has 2 bridgehead atoms. The SMILES string of the molecule is CC1CCC2C(CBr)=C(C(F)(F)F)OC3OC4(C)CCC1C32OO4. The monoisotopic (exact) mass is 412 g/mol. The summed E-state index contributed by atoms with van der Waals surface area (Å²) in [5.41, 5.74) is -0.806. The summed E-state index contributed by atoms with van der Waals surface area (Å²) in [5.74, 6) is -2.09. The highest BCUT2D eigenvalue weighted by molar-refractivity contribution is 9.09. The van der Waals surface area contributed by atoms with E-state index in [1.165, 1.54) is 0 Å². The summed E-state index contributed by atoms with van der Waals surface area (Å²) >= 11 is 3.22. The number of fused-ring (bicyclic) bond motifs is 2. The summed E-state index contributed by atoms with van der Waals surface area (Å²) in [6.07, 6.45) is -2.85. The molecule has 0 N–H and O–H groups in total. The average molecular weight is 413 g/mol. The first-order valence-electron chi connectivity index (χ1n) is 8.29. The van der Waals surface area contributed by atoms with Crippen LogP contribution in [0.2, 0.25) is 0 Å². The molecule has 4 nitrogen and oxygen atoms in total. The number of hydrogen-bond donors (Lipinski definition) is 0. The van der Waals surface area contributed by atoms with Crippen LogP contribution in [0.5, 0.6) is 0 Å². The number of alkyl halides is 4. The minimum Gasteiger partial charge on any atom is -0.456 e. The van der Waals surface area contributed by atoms with Crippen molar-refractivity contribution < 1.29 is 32.4 Å². The molecule has 4 fully saturated rings. The molecule has 0 amide bonds. The molecule has 0 aromatic heterocycles. The highest BCUT2D eigenvalue weighted by Gasteiger charge is 2.69. The maximum absolute atomic E-state index is 13.5. The fourth-order valence-corrected chi connectivity index (χ4v) is 5.54. The summed E-state index contributed by atoms with van der Waals surface area (Å²) in [7, 11) is 0. The standard InChI is InChI=1S/C16H20BrF3O4/c1-8-3-4-11-9(7-17)12(16(18,19)20)21-13-15(11)10(8)5-6-14(2,22-13)23-24-15/h8,10-11,13H,3-7H2,1-2H3. The van der Waals surface area contributed by atoms with Gasteiger partial charge in [0.2, 0.25) is 17.8 Å². The third-order valence-electron chi connectivity index (χ3n) is 6.06. The second kappa shape index (κ2) is 5.34. The van der Waals surface area contributed by atoms with Crippen LogP contribution in [0.4, 0.5) is 13.2 Å². The van der Waals surface area contributed by atoms with E-state index < -0.39 is 35.5 Å². The average Bonchev–Trinajstić information content (AvgIpc) is 2.74. The molecule has 6 atom stereocenters. The summed E-state index contributed by atoms with van der Waals surface area (Å²) < 4.78 is 51.9. The van der Waals surface area contributed by atoms with Gasteiger partial charge in [0.1, 0.15) is 0 Å². The smallest absolute Gasteiger partial charge is 0.449 e. The van der Waals surface area contributed by atoms with Crippen molar-refractivity contribution in [3.63, 3.8) is 0 Å². The van der Waals surface area contributed by atoms with E-state index in [1.54, 1.807) is 6.92 Å². The van der Waals surface area contributed by atoms with E-state index in [-0.39, 0.29) is 16.8 Å².